The molecule has 0 saturated heterocycles. The van der Waals surface area contributed by atoms with Crippen LogP contribution in [0.25, 0.3) is 0 Å². The number of ether oxygens (including phenoxy) is 1. The van der Waals surface area contributed by atoms with Crippen molar-refractivity contribution in [3.05, 3.63) is 70.2 Å². The molecule has 1 aliphatic rings. The minimum absolute atomic E-state index is 0.336. The minimum atomic E-state index is -0.336. The summed E-state index contributed by atoms with van der Waals surface area (Å²) in [6.45, 7) is 1.69. The van der Waals surface area contributed by atoms with E-state index in [4.69, 9.17) is 16.3 Å². The highest BCUT2D eigenvalue weighted by molar-refractivity contribution is 6.30. The van der Waals surface area contributed by atoms with E-state index in [9.17, 15) is 0 Å². The number of hydrogen-bond donors (Lipinski definition) is 0. The molecular formula is C19H22ClNO. The van der Waals surface area contributed by atoms with Crippen LogP contribution < -0.4 is 0 Å². The Bertz CT molecular complexity index is 641. The lowest BCUT2D eigenvalue weighted by Gasteiger charge is -2.31. The highest BCUT2D eigenvalue weighted by atomic mass is 35.5. The Balaban J connectivity index is 1.99. The van der Waals surface area contributed by atoms with Crippen LogP contribution in [0.3, 0.4) is 0 Å². The average Bonchev–Trinajstić information content (AvgIpc) is 2.87. The van der Waals surface area contributed by atoms with Crippen molar-refractivity contribution in [1.82, 2.24) is 4.90 Å². The average molecular weight is 316 g/mol. The van der Waals surface area contributed by atoms with Gasteiger partial charge in [0.2, 0.25) is 0 Å². The monoisotopic (exact) mass is 315 g/mol. The van der Waals surface area contributed by atoms with Gasteiger partial charge >= 0.3 is 0 Å². The number of benzene rings is 2. The van der Waals surface area contributed by atoms with Crippen molar-refractivity contribution in [2.24, 2.45) is 0 Å². The van der Waals surface area contributed by atoms with Crippen molar-refractivity contribution in [3.8, 4) is 0 Å². The number of rotatable bonds is 5. The van der Waals surface area contributed by atoms with Gasteiger partial charge in [-0.25, -0.2) is 0 Å². The molecule has 22 heavy (non-hydrogen) atoms. The molecule has 0 spiro atoms. The summed E-state index contributed by atoms with van der Waals surface area (Å²) in [5.74, 6) is 0. The second-order valence-electron chi connectivity index (χ2n) is 6.19. The summed E-state index contributed by atoms with van der Waals surface area (Å²) in [5, 5.41) is 0.777. The van der Waals surface area contributed by atoms with E-state index in [0.29, 0.717) is 6.61 Å². The zero-order chi connectivity index (χ0) is 15.6. The zero-order valence-electron chi connectivity index (χ0n) is 13.2. The Labute approximate surface area is 137 Å². The van der Waals surface area contributed by atoms with Crippen LogP contribution in [-0.4, -0.2) is 25.5 Å². The standard InChI is InChI=1S/C19H22ClNO/c1-21(2)12-6-11-19(16-7-4-3-5-8-16)18-10-9-17(20)13-15(18)14-22-19/h3-5,7-10,13H,6,11-12,14H2,1-2H3. The summed E-state index contributed by atoms with van der Waals surface area (Å²) < 4.78 is 6.36. The van der Waals surface area contributed by atoms with E-state index in [0.717, 1.165) is 24.4 Å². The van der Waals surface area contributed by atoms with Crippen LogP contribution in [0.2, 0.25) is 5.02 Å². The predicted octanol–water partition coefficient (Wildman–Crippen LogP) is 4.46. The molecule has 0 radical (unpaired) electrons. The van der Waals surface area contributed by atoms with E-state index in [1.165, 1.54) is 16.7 Å². The van der Waals surface area contributed by atoms with Gasteiger partial charge in [0.05, 0.1) is 6.61 Å². The van der Waals surface area contributed by atoms with Gasteiger partial charge < -0.3 is 9.64 Å². The van der Waals surface area contributed by atoms with Gasteiger partial charge in [-0.1, -0.05) is 48.0 Å². The Hall–Kier alpha value is -1.35. The largest absolute Gasteiger partial charge is 0.361 e. The van der Waals surface area contributed by atoms with Crippen molar-refractivity contribution in [2.45, 2.75) is 25.0 Å². The fraction of sp³-hybridized carbons (Fsp3) is 0.368. The third-order valence-corrected chi connectivity index (χ3v) is 4.59. The molecule has 1 aliphatic heterocycles. The molecule has 1 unspecified atom stereocenters. The Kier molecular flexibility index (Phi) is 4.53. The highest BCUT2D eigenvalue weighted by Crippen LogP contribution is 2.45. The number of fused-ring (bicyclic) bond motifs is 1. The van der Waals surface area contributed by atoms with Crippen LogP contribution in [0.4, 0.5) is 0 Å². The van der Waals surface area contributed by atoms with Gasteiger partial charge in [-0.15, -0.1) is 0 Å². The van der Waals surface area contributed by atoms with E-state index >= 15 is 0 Å². The normalized spacial score (nSPS) is 20.4. The second-order valence-corrected chi connectivity index (χ2v) is 6.63. The summed E-state index contributed by atoms with van der Waals surface area (Å²) in [6.07, 6.45) is 2.06. The van der Waals surface area contributed by atoms with Gasteiger partial charge in [0, 0.05) is 5.02 Å². The first kappa shape index (κ1) is 15.5. The maximum Gasteiger partial charge on any atom is 0.119 e. The first-order valence-electron chi connectivity index (χ1n) is 7.75. The third kappa shape index (κ3) is 2.91. The molecule has 0 aliphatic carbocycles. The zero-order valence-corrected chi connectivity index (χ0v) is 13.9. The maximum absolute atomic E-state index is 6.36. The third-order valence-electron chi connectivity index (χ3n) is 4.35. The SMILES string of the molecule is CN(C)CCCC1(c2ccccc2)OCc2cc(Cl)ccc21. The summed E-state index contributed by atoms with van der Waals surface area (Å²) in [5.41, 5.74) is 3.37. The van der Waals surface area contributed by atoms with E-state index < -0.39 is 0 Å². The van der Waals surface area contributed by atoms with Crippen LogP contribution in [0.15, 0.2) is 48.5 Å². The summed E-state index contributed by atoms with van der Waals surface area (Å²) in [6, 6.07) is 16.7. The summed E-state index contributed by atoms with van der Waals surface area (Å²) in [4.78, 5) is 2.22. The van der Waals surface area contributed by atoms with Crippen molar-refractivity contribution < 1.29 is 4.74 Å². The molecule has 0 fully saturated rings. The van der Waals surface area contributed by atoms with Crippen molar-refractivity contribution in [1.29, 1.82) is 0 Å². The summed E-state index contributed by atoms with van der Waals surface area (Å²) in [7, 11) is 4.22. The van der Waals surface area contributed by atoms with E-state index in [1.807, 2.05) is 12.1 Å². The van der Waals surface area contributed by atoms with Crippen LogP contribution >= 0.6 is 11.6 Å². The molecule has 1 heterocycles. The van der Waals surface area contributed by atoms with Crippen molar-refractivity contribution >= 4 is 11.6 Å². The van der Waals surface area contributed by atoms with Crippen LogP contribution in [0.1, 0.15) is 29.5 Å². The van der Waals surface area contributed by atoms with E-state index in [2.05, 4.69) is 55.4 Å². The van der Waals surface area contributed by atoms with E-state index in [-0.39, 0.29) is 5.60 Å². The van der Waals surface area contributed by atoms with Crippen molar-refractivity contribution in [3.63, 3.8) is 0 Å². The molecule has 2 nitrogen and oxygen atoms in total. The Morgan fingerprint density at radius 1 is 1.14 bits per heavy atom. The lowest BCUT2D eigenvalue weighted by Crippen LogP contribution is -2.28. The topological polar surface area (TPSA) is 12.5 Å². The van der Waals surface area contributed by atoms with Gasteiger partial charge in [-0.05, 0) is 62.3 Å². The molecule has 0 bridgehead atoms. The van der Waals surface area contributed by atoms with Crippen LogP contribution in [0, 0.1) is 0 Å². The van der Waals surface area contributed by atoms with Gasteiger partial charge in [0.15, 0.2) is 0 Å². The van der Waals surface area contributed by atoms with Gasteiger partial charge in [-0.2, -0.15) is 0 Å². The molecule has 3 heteroatoms. The molecule has 2 aromatic carbocycles. The lowest BCUT2D eigenvalue weighted by molar-refractivity contribution is -0.0139. The van der Waals surface area contributed by atoms with Gasteiger partial charge in [0.25, 0.3) is 0 Å². The molecule has 0 amide bonds. The van der Waals surface area contributed by atoms with Gasteiger partial charge in [0.1, 0.15) is 5.60 Å². The lowest BCUT2D eigenvalue weighted by atomic mass is 9.82. The smallest absolute Gasteiger partial charge is 0.119 e. The molecule has 1 atom stereocenters. The highest BCUT2D eigenvalue weighted by Gasteiger charge is 2.41. The molecule has 0 N–H and O–H groups in total. The number of halogens is 1. The molecule has 2 aromatic rings. The molecule has 3 rings (SSSR count). The maximum atomic E-state index is 6.36. The van der Waals surface area contributed by atoms with Crippen LogP contribution in [-0.2, 0) is 16.9 Å². The summed E-state index contributed by atoms with van der Waals surface area (Å²) >= 11 is 6.15. The minimum Gasteiger partial charge on any atom is -0.361 e. The fourth-order valence-electron chi connectivity index (χ4n) is 3.30. The first-order chi connectivity index (χ1) is 10.6. The Morgan fingerprint density at radius 2 is 1.91 bits per heavy atom. The molecule has 116 valence electrons. The quantitative estimate of drug-likeness (QED) is 0.808. The van der Waals surface area contributed by atoms with Crippen molar-refractivity contribution in [2.75, 3.05) is 20.6 Å². The predicted molar refractivity (Wildman–Crippen MR) is 91.3 cm³/mol. The number of hydrogen-bond acceptors (Lipinski definition) is 2. The Morgan fingerprint density at radius 3 is 2.64 bits per heavy atom. The second kappa shape index (κ2) is 6.41. The molecular weight excluding hydrogens is 294 g/mol. The first-order valence-corrected chi connectivity index (χ1v) is 8.13. The molecule has 0 aromatic heterocycles. The van der Waals surface area contributed by atoms with Crippen LogP contribution in [0.5, 0.6) is 0 Å². The fourth-order valence-corrected chi connectivity index (χ4v) is 3.49. The molecule has 0 saturated carbocycles. The van der Waals surface area contributed by atoms with E-state index in [1.54, 1.807) is 0 Å². The van der Waals surface area contributed by atoms with Gasteiger partial charge in [-0.3, -0.25) is 0 Å². The number of nitrogens with zero attached hydrogens (tertiary/aromatic N) is 1.